The van der Waals surface area contributed by atoms with Gasteiger partial charge in [-0.1, -0.05) is 24.8 Å². The first-order valence-electron chi connectivity index (χ1n) is 8.06. The van der Waals surface area contributed by atoms with Crippen molar-refractivity contribution in [3.05, 3.63) is 66.2 Å². The largest absolute Gasteiger partial charge is 0.475 e. The van der Waals surface area contributed by atoms with Gasteiger partial charge < -0.3 is 25.6 Å². The van der Waals surface area contributed by atoms with Crippen molar-refractivity contribution in [1.82, 2.24) is 0 Å². The Bertz CT molecular complexity index is 575. The van der Waals surface area contributed by atoms with Gasteiger partial charge in [0.1, 0.15) is 6.61 Å². The van der Waals surface area contributed by atoms with Crippen LogP contribution >= 0.6 is 0 Å². The number of hydrogen-bond donors (Lipinski definition) is 3. The second-order valence-electron chi connectivity index (χ2n) is 6.04. The first-order valence-corrected chi connectivity index (χ1v) is 8.06. The quantitative estimate of drug-likeness (QED) is 0.490. The molecule has 0 heterocycles. The second-order valence-corrected chi connectivity index (χ2v) is 6.04. The Morgan fingerprint density at radius 3 is 2.16 bits per heavy atom. The number of aliphatic hydroxyl groups is 1. The Balaban J connectivity index is 0.000000504. The van der Waals surface area contributed by atoms with Gasteiger partial charge in [0.15, 0.2) is 5.88 Å². The van der Waals surface area contributed by atoms with Crippen LogP contribution in [0, 0.1) is 0 Å². The maximum Gasteiger partial charge on any atom is 0.176 e. The Labute approximate surface area is 151 Å². The molecule has 1 rings (SSSR count). The van der Waals surface area contributed by atoms with Crippen LogP contribution in [0.3, 0.4) is 0 Å². The average Bonchev–Trinajstić information content (AvgIpc) is 2.55. The molecule has 4 N–H and O–H groups in total. The molecule has 0 radical (unpaired) electrons. The van der Waals surface area contributed by atoms with E-state index in [4.69, 9.17) is 20.3 Å². The summed E-state index contributed by atoms with van der Waals surface area (Å²) in [4.78, 5) is 0. The summed E-state index contributed by atoms with van der Waals surface area (Å²) < 4.78 is 10.2. The van der Waals surface area contributed by atoms with Gasteiger partial charge in [-0.25, -0.2) is 0 Å². The predicted molar refractivity (Wildman–Crippen MR) is 105 cm³/mol. The Morgan fingerprint density at radius 1 is 1.28 bits per heavy atom. The summed E-state index contributed by atoms with van der Waals surface area (Å²) in [5.74, 6) is 0.235. The van der Waals surface area contributed by atoms with Crippen molar-refractivity contribution in [2.24, 2.45) is 5.73 Å². The number of benzene rings is 1. The molecule has 5 nitrogen and oxygen atoms in total. The van der Waals surface area contributed by atoms with Crippen molar-refractivity contribution in [2.45, 2.75) is 39.9 Å². The van der Waals surface area contributed by atoms with Gasteiger partial charge in [-0.05, 0) is 57.5 Å². The van der Waals surface area contributed by atoms with Gasteiger partial charge in [-0.2, -0.15) is 0 Å². The van der Waals surface area contributed by atoms with Crippen LogP contribution in [0.1, 0.15) is 33.3 Å². The van der Waals surface area contributed by atoms with E-state index < -0.39 is 0 Å². The highest BCUT2D eigenvalue weighted by atomic mass is 16.5. The highest BCUT2D eigenvalue weighted by molar-refractivity contribution is 5.48. The van der Waals surface area contributed by atoms with Crippen LogP contribution in [0.25, 0.3) is 0 Å². The molecule has 1 aromatic rings. The summed E-state index contributed by atoms with van der Waals surface area (Å²) in [6.45, 7) is 15.4. The number of allylic oxidation sites excluding steroid dienone is 2. The minimum Gasteiger partial charge on any atom is -0.475 e. The number of nitrogens with one attached hydrogen (secondary N) is 1. The van der Waals surface area contributed by atoms with E-state index in [9.17, 15) is 0 Å². The van der Waals surface area contributed by atoms with Crippen LogP contribution in [0.4, 0.5) is 5.69 Å². The Morgan fingerprint density at radius 2 is 1.84 bits per heavy atom. The third kappa shape index (κ3) is 9.59. The zero-order valence-electron chi connectivity index (χ0n) is 16.1. The van der Waals surface area contributed by atoms with E-state index in [1.807, 2.05) is 58.0 Å². The molecule has 0 saturated carbocycles. The fourth-order valence-electron chi connectivity index (χ4n) is 1.87. The van der Waals surface area contributed by atoms with E-state index >= 15 is 0 Å². The van der Waals surface area contributed by atoms with E-state index in [0.29, 0.717) is 6.61 Å². The SMILES string of the molecule is C/C=C(/CO)C(C)(C)OC.C=C(C)Nc1ccc(COC(=C)N)cc1. The van der Waals surface area contributed by atoms with Crippen molar-refractivity contribution < 1.29 is 14.6 Å². The van der Waals surface area contributed by atoms with Crippen molar-refractivity contribution in [3.63, 3.8) is 0 Å². The van der Waals surface area contributed by atoms with Gasteiger partial charge in [0.05, 0.1) is 12.2 Å². The van der Waals surface area contributed by atoms with Gasteiger partial charge in [0, 0.05) is 18.5 Å². The molecule has 0 aliphatic carbocycles. The first kappa shape index (κ1) is 22.8. The molecule has 5 heteroatoms. The second kappa shape index (κ2) is 11.3. The van der Waals surface area contributed by atoms with Crippen molar-refractivity contribution in [3.8, 4) is 0 Å². The van der Waals surface area contributed by atoms with Crippen LogP contribution in [0.5, 0.6) is 0 Å². The number of ether oxygens (including phenoxy) is 2. The summed E-state index contributed by atoms with van der Waals surface area (Å²) in [7, 11) is 1.64. The highest BCUT2D eigenvalue weighted by Crippen LogP contribution is 2.18. The van der Waals surface area contributed by atoms with Crippen LogP contribution in [-0.2, 0) is 16.1 Å². The molecule has 0 unspecified atom stereocenters. The van der Waals surface area contributed by atoms with Crippen LogP contribution in [0.15, 0.2) is 60.7 Å². The minimum atomic E-state index is -0.330. The van der Waals surface area contributed by atoms with Crippen LogP contribution < -0.4 is 11.1 Å². The van der Waals surface area contributed by atoms with Gasteiger partial charge in [-0.15, -0.1) is 0 Å². The minimum absolute atomic E-state index is 0.0668. The van der Waals surface area contributed by atoms with E-state index in [1.54, 1.807) is 7.11 Å². The standard InChI is InChI=1S/C12H16N2O.C8H16O2/c1-9(2)14-12-6-4-11(5-7-12)8-15-10(3)13;1-5-7(6-9)8(2,3)10-4/h4-7,14H,1,3,8,13H2,2H3;5,9H,6H2,1-4H3/b;7-5-. The molecule has 0 aliphatic rings. The summed E-state index contributed by atoms with van der Waals surface area (Å²) >= 11 is 0. The number of hydrogen-bond acceptors (Lipinski definition) is 5. The molecule has 25 heavy (non-hydrogen) atoms. The lowest BCUT2D eigenvalue weighted by Gasteiger charge is -2.24. The third-order valence-electron chi connectivity index (χ3n) is 3.54. The molecular formula is C20H32N2O3. The number of rotatable bonds is 8. The Hall–Kier alpha value is -2.24. The normalized spacial score (nSPS) is 11.2. The third-order valence-corrected chi connectivity index (χ3v) is 3.54. The van der Waals surface area contributed by atoms with Crippen molar-refractivity contribution >= 4 is 5.69 Å². The maximum atomic E-state index is 8.84. The number of nitrogens with two attached hydrogens (primary N) is 1. The van der Waals surface area contributed by atoms with Gasteiger partial charge >= 0.3 is 0 Å². The topological polar surface area (TPSA) is 76.7 Å². The fourth-order valence-corrected chi connectivity index (χ4v) is 1.87. The Kier molecular flexibility index (Phi) is 10.3. The van der Waals surface area contributed by atoms with E-state index in [-0.39, 0.29) is 18.1 Å². The maximum absolute atomic E-state index is 8.84. The van der Waals surface area contributed by atoms with E-state index in [2.05, 4.69) is 18.5 Å². The lowest BCUT2D eigenvalue weighted by Crippen LogP contribution is -2.27. The number of anilines is 1. The molecule has 0 aliphatic heterocycles. The van der Waals surface area contributed by atoms with Crippen molar-refractivity contribution in [1.29, 1.82) is 0 Å². The lowest BCUT2D eigenvalue weighted by atomic mass is 9.99. The molecular weight excluding hydrogens is 316 g/mol. The molecule has 0 aromatic heterocycles. The molecule has 1 aromatic carbocycles. The number of aliphatic hydroxyl groups excluding tert-OH is 1. The number of methoxy groups -OCH3 is 1. The van der Waals surface area contributed by atoms with Gasteiger partial charge in [0.25, 0.3) is 0 Å². The summed E-state index contributed by atoms with van der Waals surface area (Å²) in [5, 5.41) is 12.0. The van der Waals surface area contributed by atoms with Gasteiger partial charge in [0.2, 0.25) is 0 Å². The molecule has 0 atom stereocenters. The summed E-state index contributed by atoms with van der Waals surface area (Å²) in [6, 6.07) is 7.86. The average molecular weight is 348 g/mol. The fraction of sp³-hybridized carbons (Fsp3) is 0.400. The lowest BCUT2D eigenvalue weighted by molar-refractivity contribution is 0.0454. The van der Waals surface area contributed by atoms with Gasteiger partial charge in [-0.3, -0.25) is 0 Å². The molecule has 0 spiro atoms. The van der Waals surface area contributed by atoms with Crippen LogP contribution in [-0.4, -0.2) is 24.4 Å². The van der Waals surface area contributed by atoms with E-state index in [0.717, 1.165) is 22.5 Å². The molecule has 0 fully saturated rings. The first-order chi connectivity index (χ1) is 11.7. The molecule has 0 saturated heterocycles. The molecule has 0 amide bonds. The monoisotopic (exact) mass is 348 g/mol. The highest BCUT2D eigenvalue weighted by Gasteiger charge is 2.20. The smallest absolute Gasteiger partial charge is 0.176 e. The molecule has 0 bridgehead atoms. The molecule has 140 valence electrons. The zero-order chi connectivity index (χ0) is 19.5. The predicted octanol–water partition coefficient (Wildman–Crippen LogP) is 3.93. The van der Waals surface area contributed by atoms with E-state index in [1.165, 1.54) is 0 Å². The summed E-state index contributed by atoms with van der Waals surface area (Å²) in [6.07, 6.45) is 1.88. The summed E-state index contributed by atoms with van der Waals surface area (Å²) in [5.41, 5.74) is 8.85. The van der Waals surface area contributed by atoms with Crippen LogP contribution in [0.2, 0.25) is 0 Å². The van der Waals surface area contributed by atoms with Crippen molar-refractivity contribution in [2.75, 3.05) is 19.0 Å². The zero-order valence-corrected chi connectivity index (χ0v) is 16.1.